The van der Waals surface area contributed by atoms with E-state index in [2.05, 4.69) is 55.9 Å². The van der Waals surface area contributed by atoms with Crippen molar-refractivity contribution >= 4 is 27.6 Å². The summed E-state index contributed by atoms with van der Waals surface area (Å²) in [6.45, 7) is 4.07. The van der Waals surface area contributed by atoms with Gasteiger partial charge in [-0.25, -0.2) is 4.98 Å². The van der Waals surface area contributed by atoms with Gasteiger partial charge in [0.15, 0.2) is 0 Å². The van der Waals surface area contributed by atoms with Crippen molar-refractivity contribution in [2.24, 2.45) is 0 Å². The van der Waals surface area contributed by atoms with Crippen LogP contribution >= 0.6 is 15.9 Å². The predicted molar refractivity (Wildman–Crippen MR) is 90.5 cm³/mol. The summed E-state index contributed by atoms with van der Waals surface area (Å²) in [5.74, 6) is 0.820. The van der Waals surface area contributed by atoms with Gasteiger partial charge in [0, 0.05) is 22.0 Å². The Kier molecular flexibility index (Phi) is 3.80. The number of rotatable bonds is 3. The normalized spacial score (nSPS) is 10.6. The third-order valence-electron chi connectivity index (χ3n) is 3.27. The second kappa shape index (κ2) is 5.74. The Hall–Kier alpha value is -2.07. The molecule has 3 aromatic rings. The highest BCUT2D eigenvalue weighted by atomic mass is 79.9. The molecule has 0 saturated heterocycles. The number of nitrogens with zero attached hydrogens (tertiary/aromatic N) is 2. The molecule has 0 aliphatic heterocycles. The Morgan fingerprint density at radius 1 is 1.05 bits per heavy atom. The van der Waals surface area contributed by atoms with Crippen LogP contribution in [0.2, 0.25) is 0 Å². The summed E-state index contributed by atoms with van der Waals surface area (Å²) in [6, 6.07) is 16.4. The SMILES string of the molecule is Cc1cn(-c2ccccc2)c(Nc2ccc(Br)c(C)c2)n1. The first kappa shape index (κ1) is 13.9. The van der Waals surface area contributed by atoms with Crippen molar-refractivity contribution in [2.45, 2.75) is 13.8 Å². The van der Waals surface area contributed by atoms with E-state index in [-0.39, 0.29) is 0 Å². The van der Waals surface area contributed by atoms with E-state index in [1.54, 1.807) is 0 Å². The van der Waals surface area contributed by atoms with Gasteiger partial charge in [-0.3, -0.25) is 4.57 Å². The molecule has 1 aromatic heterocycles. The van der Waals surface area contributed by atoms with Crippen LogP contribution < -0.4 is 5.32 Å². The minimum atomic E-state index is 0.820. The van der Waals surface area contributed by atoms with Crippen LogP contribution in [0.3, 0.4) is 0 Å². The molecule has 21 heavy (non-hydrogen) atoms. The van der Waals surface area contributed by atoms with Crippen LogP contribution in [-0.4, -0.2) is 9.55 Å². The van der Waals surface area contributed by atoms with Gasteiger partial charge < -0.3 is 5.32 Å². The summed E-state index contributed by atoms with van der Waals surface area (Å²) < 4.78 is 3.17. The number of imidazole rings is 1. The summed E-state index contributed by atoms with van der Waals surface area (Å²) in [5.41, 5.74) is 4.29. The molecule has 0 spiro atoms. The number of para-hydroxylation sites is 1. The molecule has 0 radical (unpaired) electrons. The molecule has 0 aliphatic carbocycles. The zero-order valence-electron chi connectivity index (χ0n) is 12.0. The molecular weight excluding hydrogens is 326 g/mol. The molecule has 106 valence electrons. The number of aromatic nitrogens is 2. The molecule has 0 saturated carbocycles. The van der Waals surface area contributed by atoms with Gasteiger partial charge in [-0.05, 0) is 49.7 Å². The number of hydrogen-bond donors (Lipinski definition) is 1. The van der Waals surface area contributed by atoms with Gasteiger partial charge in [-0.2, -0.15) is 0 Å². The van der Waals surface area contributed by atoms with Gasteiger partial charge in [-0.1, -0.05) is 34.1 Å². The standard InChI is InChI=1S/C17H16BrN3/c1-12-10-14(8-9-16(12)18)20-17-19-13(2)11-21(17)15-6-4-3-5-7-15/h3-11H,1-2H3,(H,19,20). The number of aryl methyl sites for hydroxylation is 2. The number of halogens is 1. The lowest BCUT2D eigenvalue weighted by molar-refractivity contribution is 1.06. The van der Waals surface area contributed by atoms with Crippen LogP contribution in [0, 0.1) is 13.8 Å². The lowest BCUT2D eigenvalue weighted by Crippen LogP contribution is -2.01. The van der Waals surface area contributed by atoms with Gasteiger partial charge in [0.25, 0.3) is 0 Å². The summed E-state index contributed by atoms with van der Waals surface area (Å²) in [7, 11) is 0. The molecule has 0 aliphatic rings. The summed E-state index contributed by atoms with van der Waals surface area (Å²) in [5, 5.41) is 3.39. The van der Waals surface area contributed by atoms with E-state index < -0.39 is 0 Å². The summed E-state index contributed by atoms with van der Waals surface area (Å²) in [6.07, 6.45) is 2.03. The van der Waals surface area contributed by atoms with E-state index in [0.717, 1.165) is 27.5 Å². The van der Waals surface area contributed by atoms with E-state index in [1.165, 1.54) is 5.56 Å². The Balaban J connectivity index is 1.97. The van der Waals surface area contributed by atoms with E-state index in [4.69, 9.17) is 0 Å². The zero-order valence-corrected chi connectivity index (χ0v) is 13.6. The Labute approximate surface area is 132 Å². The van der Waals surface area contributed by atoms with Gasteiger partial charge in [0.05, 0.1) is 5.69 Å². The average molecular weight is 342 g/mol. The first-order valence-corrected chi connectivity index (χ1v) is 7.57. The molecule has 3 nitrogen and oxygen atoms in total. The highest BCUT2D eigenvalue weighted by Gasteiger charge is 2.08. The highest BCUT2D eigenvalue weighted by Crippen LogP contribution is 2.24. The molecule has 0 fully saturated rings. The van der Waals surface area contributed by atoms with E-state index in [9.17, 15) is 0 Å². The van der Waals surface area contributed by atoms with Gasteiger partial charge in [0.2, 0.25) is 5.95 Å². The molecule has 3 rings (SSSR count). The Morgan fingerprint density at radius 2 is 1.81 bits per heavy atom. The third kappa shape index (κ3) is 3.00. The molecule has 0 atom stereocenters. The molecule has 2 aromatic carbocycles. The smallest absolute Gasteiger partial charge is 0.212 e. The van der Waals surface area contributed by atoms with Gasteiger partial charge in [-0.15, -0.1) is 0 Å². The largest absolute Gasteiger partial charge is 0.325 e. The fourth-order valence-corrected chi connectivity index (χ4v) is 2.47. The van der Waals surface area contributed by atoms with Crippen molar-refractivity contribution in [1.29, 1.82) is 0 Å². The van der Waals surface area contributed by atoms with E-state index in [0.29, 0.717) is 0 Å². The molecular formula is C17H16BrN3. The summed E-state index contributed by atoms with van der Waals surface area (Å²) in [4.78, 5) is 4.57. The van der Waals surface area contributed by atoms with Crippen LogP contribution in [0.5, 0.6) is 0 Å². The zero-order chi connectivity index (χ0) is 14.8. The first-order chi connectivity index (χ1) is 10.1. The molecule has 4 heteroatoms. The Morgan fingerprint density at radius 3 is 2.52 bits per heavy atom. The van der Waals surface area contributed by atoms with Crippen molar-refractivity contribution in [1.82, 2.24) is 9.55 Å². The van der Waals surface area contributed by atoms with Gasteiger partial charge >= 0.3 is 0 Å². The minimum absolute atomic E-state index is 0.820. The fraction of sp³-hybridized carbons (Fsp3) is 0.118. The van der Waals surface area contributed by atoms with Crippen molar-refractivity contribution in [3.8, 4) is 5.69 Å². The van der Waals surface area contributed by atoms with Crippen LogP contribution in [0.15, 0.2) is 59.2 Å². The monoisotopic (exact) mass is 341 g/mol. The quantitative estimate of drug-likeness (QED) is 0.726. The predicted octanol–water partition coefficient (Wildman–Crippen LogP) is 5.00. The number of hydrogen-bond acceptors (Lipinski definition) is 2. The molecule has 0 amide bonds. The maximum absolute atomic E-state index is 4.57. The molecule has 0 bridgehead atoms. The lowest BCUT2D eigenvalue weighted by atomic mass is 10.2. The van der Waals surface area contributed by atoms with Crippen LogP contribution in [0.4, 0.5) is 11.6 Å². The van der Waals surface area contributed by atoms with Crippen molar-refractivity contribution in [2.75, 3.05) is 5.32 Å². The average Bonchev–Trinajstić information content (AvgIpc) is 2.85. The molecule has 1 heterocycles. The van der Waals surface area contributed by atoms with Crippen LogP contribution in [0.1, 0.15) is 11.3 Å². The maximum Gasteiger partial charge on any atom is 0.212 e. The highest BCUT2D eigenvalue weighted by molar-refractivity contribution is 9.10. The number of anilines is 2. The van der Waals surface area contributed by atoms with Crippen LogP contribution in [-0.2, 0) is 0 Å². The third-order valence-corrected chi connectivity index (χ3v) is 4.16. The van der Waals surface area contributed by atoms with Crippen LogP contribution in [0.25, 0.3) is 5.69 Å². The topological polar surface area (TPSA) is 29.9 Å². The number of benzene rings is 2. The lowest BCUT2D eigenvalue weighted by Gasteiger charge is -2.10. The second-order valence-electron chi connectivity index (χ2n) is 5.00. The summed E-state index contributed by atoms with van der Waals surface area (Å²) >= 11 is 3.52. The van der Waals surface area contributed by atoms with E-state index in [1.807, 2.05) is 43.5 Å². The minimum Gasteiger partial charge on any atom is -0.325 e. The maximum atomic E-state index is 4.57. The second-order valence-corrected chi connectivity index (χ2v) is 5.85. The van der Waals surface area contributed by atoms with Crippen molar-refractivity contribution in [3.05, 3.63) is 70.5 Å². The molecule has 1 N–H and O–H groups in total. The first-order valence-electron chi connectivity index (χ1n) is 6.78. The number of nitrogens with one attached hydrogen (secondary N) is 1. The molecule has 0 unspecified atom stereocenters. The van der Waals surface area contributed by atoms with E-state index >= 15 is 0 Å². The Bertz CT molecular complexity index is 763. The van der Waals surface area contributed by atoms with Gasteiger partial charge in [0.1, 0.15) is 0 Å². The van der Waals surface area contributed by atoms with Crippen molar-refractivity contribution in [3.63, 3.8) is 0 Å². The fourth-order valence-electron chi connectivity index (χ4n) is 2.22. The van der Waals surface area contributed by atoms with Crippen molar-refractivity contribution < 1.29 is 0 Å².